The predicted molar refractivity (Wildman–Crippen MR) is 79.8 cm³/mol. The summed E-state index contributed by atoms with van der Waals surface area (Å²) in [6.07, 6.45) is 0. The lowest BCUT2D eigenvalue weighted by molar-refractivity contribution is 0.0999. The molecule has 0 aliphatic rings. The molecule has 0 bridgehead atoms. The predicted octanol–water partition coefficient (Wildman–Crippen LogP) is 2.97. The van der Waals surface area contributed by atoms with Crippen LogP contribution in [-0.4, -0.2) is 11.0 Å². The number of hydrogen-bond donors (Lipinski definition) is 3. The van der Waals surface area contributed by atoms with E-state index in [-0.39, 0.29) is 11.8 Å². The van der Waals surface area contributed by atoms with Gasteiger partial charge in [0.1, 0.15) is 5.75 Å². The number of benzene rings is 2. The monoisotopic (exact) mass is 270 g/mol. The summed E-state index contributed by atoms with van der Waals surface area (Å²) in [6, 6.07) is 12.5. The summed E-state index contributed by atoms with van der Waals surface area (Å²) >= 11 is 0. The average molecular weight is 270 g/mol. The van der Waals surface area contributed by atoms with Gasteiger partial charge in [-0.25, -0.2) is 0 Å². The highest BCUT2D eigenvalue weighted by molar-refractivity contribution is 5.95. The normalized spacial score (nSPS) is 11.9. The molecule has 0 saturated heterocycles. The summed E-state index contributed by atoms with van der Waals surface area (Å²) in [5.74, 6) is -0.184. The maximum absolute atomic E-state index is 11.3. The fourth-order valence-electron chi connectivity index (χ4n) is 2.14. The van der Waals surface area contributed by atoms with Gasteiger partial charge in [-0.05, 0) is 49.2 Å². The van der Waals surface area contributed by atoms with Crippen LogP contribution in [0.4, 0.5) is 5.69 Å². The maximum atomic E-state index is 11.3. The number of rotatable bonds is 4. The van der Waals surface area contributed by atoms with Gasteiger partial charge < -0.3 is 16.2 Å². The number of aromatic hydroxyl groups is 1. The summed E-state index contributed by atoms with van der Waals surface area (Å²) in [5, 5.41) is 12.6. The molecule has 1 amide bonds. The molecule has 4 nitrogen and oxygen atoms in total. The number of anilines is 1. The van der Waals surface area contributed by atoms with Gasteiger partial charge in [0, 0.05) is 17.3 Å². The fraction of sp³-hybridized carbons (Fsp3) is 0.188. The van der Waals surface area contributed by atoms with Crippen LogP contribution in [0.1, 0.15) is 34.5 Å². The standard InChI is InChI=1S/C16H18N2O2/c1-10-14(16(17)20)4-3-5-15(10)18-11(2)12-6-8-13(19)9-7-12/h3-9,11,18-19H,1-2H3,(H2,17,20). The Morgan fingerprint density at radius 2 is 1.85 bits per heavy atom. The molecule has 0 aliphatic heterocycles. The summed E-state index contributed by atoms with van der Waals surface area (Å²) in [5.41, 5.74) is 8.63. The van der Waals surface area contributed by atoms with E-state index in [2.05, 4.69) is 5.32 Å². The Kier molecular flexibility index (Phi) is 3.94. The number of hydrogen-bond acceptors (Lipinski definition) is 3. The molecule has 2 rings (SSSR count). The summed E-state index contributed by atoms with van der Waals surface area (Å²) in [4.78, 5) is 11.3. The molecule has 0 aromatic heterocycles. The van der Waals surface area contributed by atoms with E-state index < -0.39 is 5.91 Å². The third-order valence-electron chi connectivity index (χ3n) is 3.36. The van der Waals surface area contributed by atoms with E-state index in [1.54, 1.807) is 24.3 Å². The molecule has 2 aromatic carbocycles. The minimum absolute atomic E-state index is 0.0532. The fourth-order valence-corrected chi connectivity index (χ4v) is 2.14. The van der Waals surface area contributed by atoms with Crippen molar-refractivity contribution >= 4 is 11.6 Å². The van der Waals surface area contributed by atoms with Crippen molar-refractivity contribution in [3.05, 3.63) is 59.2 Å². The molecule has 0 saturated carbocycles. The van der Waals surface area contributed by atoms with E-state index in [4.69, 9.17) is 5.73 Å². The number of primary amides is 1. The first-order valence-electron chi connectivity index (χ1n) is 6.44. The van der Waals surface area contributed by atoms with Gasteiger partial charge in [0.2, 0.25) is 5.91 Å². The molecule has 0 radical (unpaired) electrons. The minimum Gasteiger partial charge on any atom is -0.508 e. The van der Waals surface area contributed by atoms with Gasteiger partial charge in [-0.1, -0.05) is 18.2 Å². The molecule has 2 aromatic rings. The molecule has 0 aliphatic carbocycles. The zero-order valence-corrected chi connectivity index (χ0v) is 11.6. The average Bonchev–Trinajstić information content (AvgIpc) is 2.41. The number of nitrogens with two attached hydrogens (primary N) is 1. The highest BCUT2D eigenvalue weighted by Gasteiger charge is 2.11. The SMILES string of the molecule is Cc1c(NC(C)c2ccc(O)cc2)cccc1C(N)=O. The van der Waals surface area contributed by atoms with Crippen LogP contribution in [0.3, 0.4) is 0 Å². The van der Waals surface area contributed by atoms with Crippen molar-refractivity contribution in [3.8, 4) is 5.75 Å². The highest BCUT2D eigenvalue weighted by atomic mass is 16.3. The lowest BCUT2D eigenvalue weighted by Crippen LogP contribution is -2.15. The summed E-state index contributed by atoms with van der Waals surface area (Å²) < 4.78 is 0. The Morgan fingerprint density at radius 1 is 1.20 bits per heavy atom. The topological polar surface area (TPSA) is 75.3 Å². The van der Waals surface area contributed by atoms with Crippen molar-refractivity contribution in [1.82, 2.24) is 0 Å². The van der Waals surface area contributed by atoms with Crippen molar-refractivity contribution in [3.63, 3.8) is 0 Å². The first-order valence-corrected chi connectivity index (χ1v) is 6.44. The van der Waals surface area contributed by atoms with Crippen LogP contribution in [-0.2, 0) is 0 Å². The van der Waals surface area contributed by atoms with Gasteiger partial charge >= 0.3 is 0 Å². The van der Waals surface area contributed by atoms with Gasteiger partial charge in [-0.15, -0.1) is 0 Å². The van der Waals surface area contributed by atoms with E-state index in [0.29, 0.717) is 5.56 Å². The zero-order valence-electron chi connectivity index (χ0n) is 11.6. The Balaban J connectivity index is 2.23. The Morgan fingerprint density at radius 3 is 2.45 bits per heavy atom. The third kappa shape index (κ3) is 2.91. The summed E-state index contributed by atoms with van der Waals surface area (Å²) in [6.45, 7) is 3.88. The second kappa shape index (κ2) is 5.65. The molecule has 0 spiro atoms. The van der Waals surface area contributed by atoms with Crippen molar-refractivity contribution < 1.29 is 9.90 Å². The van der Waals surface area contributed by atoms with E-state index in [9.17, 15) is 9.90 Å². The second-order valence-corrected chi connectivity index (χ2v) is 4.80. The van der Waals surface area contributed by atoms with Gasteiger partial charge in [-0.2, -0.15) is 0 Å². The molecular formula is C16H18N2O2. The Hall–Kier alpha value is -2.49. The largest absolute Gasteiger partial charge is 0.508 e. The molecule has 0 heterocycles. The number of carbonyl (C=O) groups excluding carboxylic acids is 1. The van der Waals surface area contributed by atoms with E-state index in [1.807, 2.05) is 32.0 Å². The number of phenolic OH excluding ortho intramolecular Hbond substituents is 1. The van der Waals surface area contributed by atoms with E-state index >= 15 is 0 Å². The van der Waals surface area contributed by atoms with Gasteiger partial charge in [0.05, 0.1) is 0 Å². The number of nitrogens with one attached hydrogen (secondary N) is 1. The van der Waals surface area contributed by atoms with Crippen LogP contribution in [0.2, 0.25) is 0 Å². The third-order valence-corrected chi connectivity index (χ3v) is 3.36. The molecule has 20 heavy (non-hydrogen) atoms. The number of carbonyl (C=O) groups is 1. The molecular weight excluding hydrogens is 252 g/mol. The first-order chi connectivity index (χ1) is 9.49. The number of phenols is 1. The molecule has 1 atom stereocenters. The Bertz CT molecular complexity index is 621. The van der Waals surface area contributed by atoms with Crippen LogP contribution in [0.15, 0.2) is 42.5 Å². The van der Waals surface area contributed by atoms with Gasteiger partial charge in [-0.3, -0.25) is 4.79 Å². The molecule has 0 fully saturated rings. The highest BCUT2D eigenvalue weighted by Crippen LogP contribution is 2.25. The minimum atomic E-state index is -0.427. The zero-order chi connectivity index (χ0) is 14.7. The molecule has 4 heteroatoms. The summed E-state index contributed by atoms with van der Waals surface area (Å²) in [7, 11) is 0. The van der Waals surface area contributed by atoms with Crippen LogP contribution < -0.4 is 11.1 Å². The van der Waals surface area contributed by atoms with Crippen LogP contribution in [0.25, 0.3) is 0 Å². The van der Waals surface area contributed by atoms with Crippen molar-refractivity contribution in [2.45, 2.75) is 19.9 Å². The lowest BCUT2D eigenvalue weighted by Gasteiger charge is -2.18. The van der Waals surface area contributed by atoms with E-state index in [0.717, 1.165) is 16.8 Å². The first kappa shape index (κ1) is 13.9. The van der Waals surface area contributed by atoms with Crippen molar-refractivity contribution in [1.29, 1.82) is 0 Å². The second-order valence-electron chi connectivity index (χ2n) is 4.80. The molecule has 4 N–H and O–H groups in total. The Labute approximate surface area is 118 Å². The van der Waals surface area contributed by atoms with Gasteiger partial charge in [0.15, 0.2) is 0 Å². The van der Waals surface area contributed by atoms with Gasteiger partial charge in [0.25, 0.3) is 0 Å². The number of amides is 1. The van der Waals surface area contributed by atoms with Crippen molar-refractivity contribution in [2.24, 2.45) is 5.73 Å². The molecule has 104 valence electrons. The maximum Gasteiger partial charge on any atom is 0.249 e. The lowest BCUT2D eigenvalue weighted by atomic mass is 10.0. The van der Waals surface area contributed by atoms with Crippen molar-refractivity contribution in [2.75, 3.05) is 5.32 Å². The quantitative estimate of drug-likeness (QED) is 0.799. The van der Waals surface area contributed by atoms with Crippen LogP contribution >= 0.6 is 0 Å². The van der Waals surface area contributed by atoms with Crippen LogP contribution in [0.5, 0.6) is 5.75 Å². The van der Waals surface area contributed by atoms with E-state index in [1.165, 1.54) is 0 Å². The smallest absolute Gasteiger partial charge is 0.249 e. The van der Waals surface area contributed by atoms with Crippen LogP contribution in [0, 0.1) is 6.92 Å². The molecule has 1 unspecified atom stereocenters.